The van der Waals surface area contributed by atoms with E-state index in [-0.39, 0.29) is 11.3 Å². The van der Waals surface area contributed by atoms with Crippen molar-refractivity contribution in [3.8, 4) is 22.8 Å². The Kier molecular flexibility index (Phi) is 9.63. The molecule has 16 nitrogen and oxygen atoms in total. The van der Waals surface area contributed by atoms with Crippen molar-refractivity contribution in [2.45, 2.75) is 27.3 Å². The first-order valence-corrected chi connectivity index (χ1v) is 17.2. The first-order chi connectivity index (χ1) is 26.1. The van der Waals surface area contributed by atoms with Gasteiger partial charge in [0.25, 0.3) is 12.1 Å². The van der Waals surface area contributed by atoms with Gasteiger partial charge in [-0.05, 0) is 69.3 Å². The molecule has 0 saturated heterocycles. The largest absolute Gasteiger partial charge is 0.507 e. The lowest BCUT2D eigenvalue weighted by molar-refractivity contribution is -0.761. The van der Waals surface area contributed by atoms with Gasteiger partial charge in [0.1, 0.15) is 23.0 Å². The maximum atomic E-state index is 13.5. The lowest BCUT2D eigenvalue weighted by Crippen LogP contribution is -2.57. The van der Waals surface area contributed by atoms with E-state index in [0.717, 1.165) is 39.2 Å². The number of ether oxygens (including phenoxy) is 1. The third-order valence-corrected chi connectivity index (χ3v) is 8.64. The monoisotopic (exact) mass is 726 g/mol. The quantitative estimate of drug-likeness (QED) is 0.0645. The molecule has 0 atom stereocenters. The molecule has 1 amide bonds. The predicted octanol–water partition coefficient (Wildman–Crippen LogP) is 5.93. The molecule has 5 aromatic heterocycles. The van der Waals surface area contributed by atoms with Crippen LogP contribution in [-0.4, -0.2) is 66.8 Å². The summed E-state index contributed by atoms with van der Waals surface area (Å²) in [5.74, 6) is 2.07. The maximum absolute atomic E-state index is 13.5. The molecule has 0 unspecified atom stereocenters. The Morgan fingerprint density at radius 1 is 0.944 bits per heavy atom. The number of fused-ring (bicyclic) bond motifs is 1. The smallest absolute Gasteiger partial charge is 0.259 e. The average molecular weight is 727 g/mol. The van der Waals surface area contributed by atoms with E-state index in [1.54, 1.807) is 44.9 Å². The van der Waals surface area contributed by atoms with E-state index in [9.17, 15) is 9.90 Å². The maximum Gasteiger partial charge on any atom is 0.259 e. The average Bonchev–Trinajstić information content (AvgIpc) is 3.79. The van der Waals surface area contributed by atoms with Gasteiger partial charge < -0.3 is 36.1 Å². The number of aromatic nitrogens is 8. The number of amides is 1. The van der Waals surface area contributed by atoms with Crippen LogP contribution in [0.25, 0.3) is 22.2 Å². The van der Waals surface area contributed by atoms with Gasteiger partial charge in [-0.3, -0.25) is 9.78 Å². The summed E-state index contributed by atoms with van der Waals surface area (Å²) in [5.41, 5.74) is 6.15. The zero-order chi connectivity index (χ0) is 37.9. The molecule has 0 aliphatic heterocycles. The van der Waals surface area contributed by atoms with Gasteiger partial charge in [-0.2, -0.15) is 9.97 Å². The minimum absolute atomic E-state index is 0.0797. The van der Waals surface area contributed by atoms with Gasteiger partial charge >= 0.3 is 0 Å². The number of nitrogens with one attached hydrogen (secondary N) is 5. The fourth-order valence-corrected chi connectivity index (χ4v) is 6.01. The van der Waals surface area contributed by atoms with E-state index in [1.165, 1.54) is 6.07 Å². The highest BCUT2D eigenvalue weighted by Crippen LogP contribution is 2.34. The summed E-state index contributed by atoms with van der Waals surface area (Å²) in [4.78, 5) is 41.3. The first kappa shape index (κ1) is 35.2. The molecule has 0 saturated carbocycles. The highest BCUT2D eigenvalue weighted by Gasteiger charge is 2.24. The van der Waals surface area contributed by atoms with Crippen LogP contribution in [0.2, 0.25) is 0 Å². The number of carbonyl (C=O) groups excluding carboxylic acids is 1. The Hall–Kier alpha value is -7.23. The standard InChI is InChI=1S/C38H39N13O3/c1-7-50-20-27(43-36(53)29-18-25(8-10-32(29)52)44-37-41-22(2)14-34(39-4)47-37)21-51(50)49(5)35-15-23(3)42-38(48-35)45-26-9-11-33(54-6)28(17-26)31-16-24-19-40-13-12-30(24)46-31/h8-21H,7H2,1-6H3,(H5-,39,40,41,42,43,44,45,46,47,48,52,53)/p+1. The number of nitrogens with zero attached hydrogens (tertiary/aromatic N) is 8. The number of aromatic amines is 1. The van der Waals surface area contributed by atoms with Crippen LogP contribution >= 0.6 is 0 Å². The molecule has 6 N–H and O–H groups in total. The lowest BCUT2D eigenvalue weighted by atomic mass is 10.1. The number of phenols is 1. The number of hydrogen-bond acceptors (Lipinski definition) is 12. The minimum atomic E-state index is -0.493. The molecule has 0 radical (unpaired) electrons. The number of methoxy groups -OCH3 is 1. The molecule has 0 spiro atoms. The van der Waals surface area contributed by atoms with Gasteiger partial charge in [0.05, 0.1) is 38.2 Å². The Morgan fingerprint density at radius 2 is 1.69 bits per heavy atom. The van der Waals surface area contributed by atoms with Crippen LogP contribution < -0.4 is 35.8 Å². The highest BCUT2D eigenvalue weighted by atomic mass is 16.5. The van der Waals surface area contributed by atoms with Gasteiger partial charge in [-0.1, -0.05) is 0 Å². The summed E-state index contributed by atoms with van der Waals surface area (Å²) in [5, 5.41) is 25.9. The predicted molar refractivity (Wildman–Crippen MR) is 208 cm³/mol. The number of anilines is 7. The van der Waals surface area contributed by atoms with Crippen molar-refractivity contribution in [1.29, 1.82) is 0 Å². The van der Waals surface area contributed by atoms with Gasteiger partial charge in [-0.25, -0.2) is 9.97 Å². The third kappa shape index (κ3) is 7.38. The topological polar surface area (TPSA) is 187 Å². The molecule has 2 aromatic carbocycles. The number of aryl methyl sites for hydroxylation is 3. The number of benzene rings is 2. The van der Waals surface area contributed by atoms with Crippen molar-refractivity contribution in [3.05, 3.63) is 102 Å². The molecule has 0 aliphatic carbocycles. The first-order valence-electron chi connectivity index (χ1n) is 17.2. The van der Waals surface area contributed by atoms with Crippen LogP contribution in [-0.2, 0) is 6.54 Å². The van der Waals surface area contributed by atoms with Gasteiger partial charge in [0.2, 0.25) is 11.9 Å². The van der Waals surface area contributed by atoms with E-state index in [0.29, 0.717) is 47.2 Å². The van der Waals surface area contributed by atoms with E-state index in [2.05, 4.69) is 46.2 Å². The summed E-state index contributed by atoms with van der Waals surface area (Å²) < 4.78 is 7.60. The van der Waals surface area contributed by atoms with Crippen molar-refractivity contribution in [2.75, 3.05) is 47.5 Å². The second kappa shape index (κ2) is 14.8. The SMILES string of the molecule is CCn1cc(NC(=O)c2cc(Nc3nc(C)cc(NC)n3)ccc2O)c[n+]1N(C)c1cc(C)nc(Nc2ccc(OC)c(-c3cc4cnccc4[nH]3)c2)n1. The van der Waals surface area contributed by atoms with Crippen LogP contribution in [0.5, 0.6) is 11.5 Å². The summed E-state index contributed by atoms with van der Waals surface area (Å²) in [6.07, 6.45) is 7.15. The Labute approximate surface area is 310 Å². The number of hydrogen-bond donors (Lipinski definition) is 6. The molecule has 0 bridgehead atoms. The third-order valence-electron chi connectivity index (χ3n) is 8.64. The minimum Gasteiger partial charge on any atom is -0.507 e. The molecule has 7 rings (SSSR count). The van der Waals surface area contributed by atoms with Crippen LogP contribution in [0.1, 0.15) is 28.7 Å². The summed E-state index contributed by atoms with van der Waals surface area (Å²) >= 11 is 0. The van der Waals surface area contributed by atoms with Crippen molar-refractivity contribution >= 4 is 57.4 Å². The molecule has 0 aliphatic rings. The lowest BCUT2D eigenvalue weighted by Gasteiger charge is -2.14. The van der Waals surface area contributed by atoms with Crippen LogP contribution in [0.3, 0.4) is 0 Å². The molecule has 5 heterocycles. The fourth-order valence-electron chi connectivity index (χ4n) is 6.01. The zero-order valence-corrected chi connectivity index (χ0v) is 30.6. The van der Waals surface area contributed by atoms with Gasteiger partial charge in [-0.15, -0.1) is 9.69 Å². The van der Waals surface area contributed by atoms with Crippen LogP contribution in [0.15, 0.2) is 85.5 Å². The summed E-state index contributed by atoms with van der Waals surface area (Å²) in [7, 11) is 5.28. The van der Waals surface area contributed by atoms with E-state index >= 15 is 0 Å². The molecule has 54 heavy (non-hydrogen) atoms. The molecular weight excluding hydrogens is 687 g/mol. The summed E-state index contributed by atoms with van der Waals surface area (Å²) in [6.45, 7) is 6.34. The van der Waals surface area contributed by atoms with Crippen LogP contribution in [0, 0.1) is 13.8 Å². The van der Waals surface area contributed by atoms with Crippen molar-refractivity contribution in [3.63, 3.8) is 0 Å². The Balaban J connectivity index is 1.10. The number of phenolic OH excluding ortho intramolecular Hbond substituents is 1. The molecule has 0 fully saturated rings. The van der Waals surface area contributed by atoms with Crippen molar-refractivity contribution in [2.24, 2.45) is 0 Å². The van der Waals surface area contributed by atoms with Crippen molar-refractivity contribution in [1.82, 2.24) is 34.6 Å². The molecular formula is C38H40N13O3+. The second-order valence-electron chi connectivity index (χ2n) is 12.5. The fraction of sp³-hybridized carbons (Fsp3) is 0.184. The molecule has 274 valence electrons. The number of pyridine rings is 1. The van der Waals surface area contributed by atoms with Crippen molar-refractivity contribution < 1.29 is 19.4 Å². The van der Waals surface area contributed by atoms with E-state index in [1.807, 2.05) is 91.0 Å². The van der Waals surface area contributed by atoms with Gasteiger partial charge in [0.15, 0.2) is 5.82 Å². The second-order valence-corrected chi connectivity index (χ2v) is 12.5. The zero-order valence-electron chi connectivity index (χ0n) is 30.6. The Bertz CT molecular complexity index is 2460. The number of carbonyl (C=O) groups is 1. The van der Waals surface area contributed by atoms with E-state index in [4.69, 9.17) is 9.72 Å². The van der Waals surface area contributed by atoms with E-state index < -0.39 is 5.91 Å². The normalized spacial score (nSPS) is 11.0. The molecule has 7 aromatic rings. The number of aromatic hydroxyl groups is 1. The summed E-state index contributed by atoms with van der Waals surface area (Å²) in [6, 6.07) is 18.1. The Morgan fingerprint density at radius 3 is 2.43 bits per heavy atom. The number of rotatable bonds is 12. The van der Waals surface area contributed by atoms with Crippen LogP contribution in [0.4, 0.5) is 40.6 Å². The number of H-pyrrole nitrogens is 1. The van der Waals surface area contributed by atoms with Gasteiger partial charge in [0, 0.05) is 75.6 Å². The molecule has 16 heteroatoms. The highest BCUT2D eigenvalue weighted by molar-refractivity contribution is 6.06.